The summed E-state index contributed by atoms with van der Waals surface area (Å²) in [6.07, 6.45) is -4.37. The maximum absolute atomic E-state index is 12.6. The van der Waals surface area contributed by atoms with Gasteiger partial charge in [0.15, 0.2) is 0 Å². The molecule has 2 atom stereocenters. The number of benzene rings is 1. The van der Waals surface area contributed by atoms with Gasteiger partial charge in [-0.3, -0.25) is 0 Å². The number of hydrogen-bond acceptors (Lipinski definition) is 3. The van der Waals surface area contributed by atoms with E-state index in [-0.39, 0.29) is 17.8 Å². The van der Waals surface area contributed by atoms with Gasteiger partial charge in [-0.25, -0.2) is 0 Å². The molecule has 2 unspecified atom stereocenters. The number of hydrogen-bond donors (Lipinski definition) is 1. The van der Waals surface area contributed by atoms with Crippen molar-refractivity contribution < 1.29 is 17.9 Å². The van der Waals surface area contributed by atoms with E-state index in [1.807, 2.05) is 18.7 Å². The summed E-state index contributed by atoms with van der Waals surface area (Å²) in [7, 11) is 0. The third-order valence-electron chi connectivity index (χ3n) is 3.30. The minimum Gasteiger partial charge on any atom is -0.397 e. The highest BCUT2D eigenvalue weighted by atomic mass is 19.4. The minimum absolute atomic E-state index is 0.0859. The van der Waals surface area contributed by atoms with Crippen LogP contribution >= 0.6 is 0 Å². The first-order chi connectivity index (χ1) is 8.80. The molecular formula is C13H17F3N2O. The Hall–Kier alpha value is -1.43. The molecule has 106 valence electrons. The second-order valence-corrected chi connectivity index (χ2v) is 4.91. The molecule has 1 aliphatic rings. The Bertz CT molecular complexity index is 452. The summed E-state index contributed by atoms with van der Waals surface area (Å²) in [5.74, 6) is 0. The lowest BCUT2D eigenvalue weighted by Crippen LogP contribution is -2.50. The van der Waals surface area contributed by atoms with E-state index < -0.39 is 11.7 Å². The van der Waals surface area contributed by atoms with Gasteiger partial charge in [-0.05, 0) is 32.0 Å². The van der Waals surface area contributed by atoms with Gasteiger partial charge in [-0.2, -0.15) is 13.2 Å². The number of nitrogen functional groups attached to an aromatic ring is 1. The van der Waals surface area contributed by atoms with Gasteiger partial charge >= 0.3 is 6.18 Å². The van der Waals surface area contributed by atoms with Crippen molar-refractivity contribution in [1.29, 1.82) is 0 Å². The lowest BCUT2D eigenvalue weighted by atomic mass is 10.1. The molecular weight excluding hydrogens is 257 g/mol. The topological polar surface area (TPSA) is 38.5 Å². The number of morpholine rings is 1. The molecule has 2 rings (SSSR count). The smallest absolute Gasteiger partial charge is 0.397 e. The van der Waals surface area contributed by atoms with Crippen LogP contribution < -0.4 is 10.6 Å². The number of rotatable bonds is 1. The van der Waals surface area contributed by atoms with Gasteiger partial charge < -0.3 is 15.4 Å². The minimum atomic E-state index is -4.37. The van der Waals surface area contributed by atoms with Crippen molar-refractivity contribution in [3.8, 4) is 0 Å². The van der Waals surface area contributed by atoms with Crippen LogP contribution in [0.3, 0.4) is 0 Å². The third kappa shape index (κ3) is 2.78. The molecule has 1 aromatic rings. The largest absolute Gasteiger partial charge is 0.416 e. The van der Waals surface area contributed by atoms with Gasteiger partial charge in [0, 0.05) is 12.1 Å². The first-order valence-electron chi connectivity index (χ1n) is 6.13. The normalized spacial score (nSPS) is 24.6. The molecule has 1 saturated heterocycles. The fraction of sp³-hybridized carbons (Fsp3) is 0.538. The van der Waals surface area contributed by atoms with Crippen LogP contribution in [0.1, 0.15) is 19.4 Å². The van der Waals surface area contributed by atoms with E-state index in [1.54, 1.807) is 0 Å². The van der Waals surface area contributed by atoms with Crippen LogP contribution in [0.4, 0.5) is 24.5 Å². The second-order valence-electron chi connectivity index (χ2n) is 4.91. The molecule has 1 heterocycles. The average Bonchev–Trinajstić information content (AvgIpc) is 2.29. The Balaban J connectivity index is 2.35. The molecule has 1 aliphatic heterocycles. The number of alkyl halides is 3. The zero-order valence-corrected chi connectivity index (χ0v) is 10.9. The molecule has 19 heavy (non-hydrogen) atoms. The molecule has 0 spiro atoms. The highest BCUT2D eigenvalue weighted by molar-refractivity contribution is 5.69. The SMILES string of the molecule is CC1COCC(C)N1c1ccc(C(F)(F)F)cc1N. The van der Waals surface area contributed by atoms with E-state index in [4.69, 9.17) is 10.5 Å². The zero-order valence-electron chi connectivity index (χ0n) is 10.9. The molecule has 6 heteroatoms. The first kappa shape index (κ1) is 14.0. The fourth-order valence-corrected chi connectivity index (χ4v) is 2.45. The molecule has 0 radical (unpaired) electrons. The van der Waals surface area contributed by atoms with Crippen molar-refractivity contribution in [2.45, 2.75) is 32.1 Å². The number of anilines is 2. The van der Waals surface area contributed by atoms with E-state index in [0.29, 0.717) is 18.9 Å². The monoisotopic (exact) mass is 274 g/mol. The van der Waals surface area contributed by atoms with Gasteiger partial charge in [0.1, 0.15) is 0 Å². The Morgan fingerprint density at radius 1 is 1.21 bits per heavy atom. The molecule has 0 aliphatic carbocycles. The maximum Gasteiger partial charge on any atom is 0.416 e. The summed E-state index contributed by atoms with van der Waals surface area (Å²) in [5.41, 5.74) is 5.85. The summed E-state index contributed by atoms with van der Waals surface area (Å²) in [6, 6.07) is 3.67. The van der Waals surface area contributed by atoms with E-state index in [1.165, 1.54) is 6.07 Å². The van der Waals surface area contributed by atoms with Crippen molar-refractivity contribution in [2.24, 2.45) is 0 Å². The number of ether oxygens (including phenoxy) is 1. The highest BCUT2D eigenvalue weighted by Crippen LogP contribution is 2.35. The van der Waals surface area contributed by atoms with Crippen LogP contribution in [-0.4, -0.2) is 25.3 Å². The quantitative estimate of drug-likeness (QED) is 0.800. The molecule has 0 bridgehead atoms. The van der Waals surface area contributed by atoms with Crippen molar-refractivity contribution in [3.63, 3.8) is 0 Å². The molecule has 0 aromatic heterocycles. The molecule has 0 saturated carbocycles. The highest BCUT2D eigenvalue weighted by Gasteiger charge is 2.32. The van der Waals surface area contributed by atoms with E-state index in [0.717, 1.165) is 12.1 Å². The van der Waals surface area contributed by atoms with E-state index >= 15 is 0 Å². The number of nitrogens with two attached hydrogens (primary N) is 1. The van der Waals surface area contributed by atoms with Gasteiger partial charge in [0.05, 0.1) is 30.2 Å². The zero-order chi connectivity index (χ0) is 14.2. The lowest BCUT2D eigenvalue weighted by Gasteiger charge is -2.41. The Labute approximate surface area is 110 Å². The first-order valence-corrected chi connectivity index (χ1v) is 6.13. The van der Waals surface area contributed by atoms with E-state index in [9.17, 15) is 13.2 Å². The van der Waals surface area contributed by atoms with E-state index in [2.05, 4.69) is 0 Å². The van der Waals surface area contributed by atoms with Crippen LogP contribution in [0.2, 0.25) is 0 Å². The average molecular weight is 274 g/mol. The predicted molar refractivity (Wildman–Crippen MR) is 68.1 cm³/mol. The van der Waals surface area contributed by atoms with Crippen LogP contribution in [0.5, 0.6) is 0 Å². The molecule has 1 aromatic carbocycles. The van der Waals surface area contributed by atoms with Crippen LogP contribution in [0.25, 0.3) is 0 Å². The summed E-state index contributed by atoms with van der Waals surface area (Å²) in [4.78, 5) is 2.01. The standard InChI is InChI=1S/C13H17F3N2O/c1-8-6-19-7-9(2)18(8)12-4-3-10(5-11(12)17)13(14,15)16/h3-5,8-9H,6-7,17H2,1-2H3. The predicted octanol–water partition coefficient (Wildman–Crippen LogP) is 2.90. The van der Waals surface area contributed by atoms with Crippen molar-refractivity contribution >= 4 is 11.4 Å². The van der Waals surface area contributed by atoms with Crippen molar-refractivity contribution in [1.82, 2.24) is 0 Å². The fourth-order valence-electron chi connectivity index (χ4n) is 2.45. The Morgan fingerprint density at radius 3 is 2.26 bits per heavy atom. The molecule has 1 fully saturated rings. The Kier molecular flexibility index (Phi) is 3.62. The van der Waals surface area contributed by atoms with Crippen molar-refractivity contribution in [3.05, 3.63) is 23.8 Å². The second kappa shape index (κ2) is 4.92. The van der Waals surface area contributed by atoms with Crippen molar-refractivity contribution in [2.75, 3.05) is 23.8 Å². The van der Waals surface area contributed by atoms with Gasteiger partial charge in [-0.15, -0.1) is 0 Å². The number of nitrogens with zero attached hydrogens (tertiary/aromatic N) is 1. The Morgan fingerprint density at radius 2 is 1.79 bits per heavy atom. The summed E-state index contributed by atoms with van der Waals surface area (Å²) in [5, 5.41) is 0. The summed E-state index contributed by atoms with van der Waals surface area (Å²) >= 11 is 0. The van der Waals surface area contributed by atoms with Gasteiger partial charge in [0.25, 0.3) is 0 Å². The van der Waals surface area contributed by atoms with Crippen LogP contribution in [0, 0.1) is 0 Å². The summed E-state index contributed by atoms with van der Waals surface area (Å²) in [6.45, 7) is 5.02. The van der Waals surface area contributed by atoms with Crippen LogP contribution in [-0.2, 0) is 10.9 Å². The van der Waals surface area contributed by atoms with Gasteiger partial charge in [-0.1, -0.05) is 0 Å². The molecule has 2 N–H and O–H groups in total. The molecule has 3 nitrogen and oxygen atoms in total. The third-order valence-corrected chi connectivity index (χ3v) is 3.30. The maximum atomic E-state index is 12.6. The number of halogens is 3. The summed E-state index contributed by atoms with van der Waals surface area (Å²) < 4.78 is 43.2. The lowest BCUT2D eigenvalue weighted by molar-refractivity contribution is -0.137. The molecule has 0 amide bonds. The van der Waals surface area contributed by atoms with Crippen LogP contribution in [0.15, 0.2) is 18.2 Å². The van der Waals surface area contributed by atoms with Gasteiger partial charge in [0.2, 0.25) is 0 Å².